The molecule has 0 spiro atoms. The molecule has 1 saturated carbocycles. The van der Waals surface area contributed by atoms with Crippen LogP contribution in [0.3, 0.4) is 0 Å². The number of rotatable bonds is 6. The average molecular weight is 261 g/mol. The van der Waals surface area contributed by atoms with E-state index in [2.05, 4.69) is 5.32 Å². The highest BCUT2D eigenvalue weighted by atomic mass is 16.5. The van der Waals surface area contributed by atoms with E-state index in [-0.39, 0.29) is 11.8 Å². The zero-order chi connectivity index (χ0) is 13.7. The molecule has 0 bridgehead atoms. The zero-order valence-corrected chi connectivity index (χ0v) is 11.8. The molecule has 104 valence electrons. The molecular weight excluding hydrogens is 238 g/mol. The third kappa shape index (κ3) is 3.98. The highest BCUT2D eigenvalue weighted by Crippen LogP contribution is 2.31. The molecule has 1 fully saturated rings. The first-order valence-corrected chi connectivity index (χ1v) is 7.09. The number of nitrogens with one attached hydrogen (secondary N) is 1. The van der Waals surface area contributed by atoms with E-state index in [1.54, 1.807) is 14.0 Å². The Hall–Kier alpha value is -1.51. The van der Waals surface area contributed by atoms with Crippen LogP contribution in [-0.2, 0) is 4.79 Å². The number of Topliss-reactive ketones (excluding diaryl/α,β-unsaturated/α-hetero) is 1. The Kier molecular flexibility index (Phi) is 4.83. The Morgan fingerprint density at radius 3 is 2.47 bits per heavy atom. The van der Waals surface area contributed by atoms with E-state index in [0.29, 0.717) is 12.3 Å². The highest BCUT2D eigenvalue weighted by molar-refractivity contribution is 5.76. The van der Waals surface area contributed by atoms with E-state index >= 15 is 0 Å². The summed E-state index contributed by atoms with van der Waals surface area (Å²) in [6.07, 6.45) is 5.69. The summed E-state index contributed by atoms with van der Waals surface area (Å²) < 4.78 is 5.16. The van der Waals surface area contributed by atoms with Gasteiger partial charge in [-0.2, -0.15) is 0 Å². The summed E-state index contributed by atoms with van der Waals surface area (Å²) in [5, 5.41) is 3.53. The van der Waals surface area contributed by atoms with Crippen LogP contribution < -0.4 is 10.1 Å². The maximum absolute atomic E-state index is 11.4. The Bertz CT molecular complexity index is 407. The molecule has 3 nitrogen and oxygen atoms in total. The van der Waals surface area contributed by atoms with Crippen LogP contribution in [0.5, 0.6) is 5.75 Å². The van der Waals surface area contributed by atoms with Gasteiger partial charge in [-0.25, -0.2) is 0 Å². The molecule has 1 N–H and O–H groups in total. The molecule has 1 atom stereocenters. The smallest absolute Gasteiger partial charge is 0.131 e. The standard InChI is InChI=1S/C16H23NO2/c1-12(18)11-16(13-5-3-4-6-13)17-14-7-9-15(19-2)10-8-14/h7-10,13,16-17H,3-6,11H2,1-2H3/t16-/m0/s1. The van der Waals surface area contributed by atoms with Gasteiger partial charge in [0.1, 0.15) is 11.5 Å². The minimum atomic E-state index is 0.262. The average Bonchev–Trinajstić information content (AvgIpc) is 2.92. The number of benzene rings is 1. The third-order valence-corrected chi connectivity index (χ3v) is 3.92. The molecule has 1 aromatic carbocycles. The maximum atomic E-state index is 11.4. The van der Waals surface area contributed by atoms with Crippen molar-refractivity contribution in [3.8, 4) is 5.75 Å². The third-order valence-electron chi connectivity index (χ3n) is 3.92. The van der Waals surface area contributed by atoms with Gasteiger partial charge in [-0.1, -0.05) is 12.8 Å². The van der Waals surface area contributed by atoms with Crippen molar-refractivity contribution < 1.29 is 9.53 Å². The first kappa shape index (κ1) is 13.9. The predicted octanol–water partition coefficient (Wildman–Crippen LogP) is 3.65. The van der Waals surface area contributed by atoms with E-state index in [0.717, 1.165) is 11.4 Å². The molecule has 0 heterocycles. The van der Waals surface area contributed by atoms with E-state index in [4.69, 9.17) is 4.74 Å². The van der Waals surface area contributed by atoms with Gasteiger partial charge >= 0.3 is 0 Å². The lowest BCUT2D eigenvalue weighted by Gasteiger charge is -2.25. The Morgan fingerprint density at radius 1 is 1.32 bits per heavy atom. The summed E-state index contributed by atoms with van der Waals surface area (Å²) in [5.74, 6) is 1.75. The summed E-state index contributed by atoms with van der Waals surface area (Å²) in [5.41, 5.74) is 1.07. The topological polar surface area (TPSA) is 38.3 Å². The molecule has 3 heteroatoms. The number of ether oxygens (including phenoxy) is 1. The minimum absolute atomic E-state index is 0.262. The van der Waals surface area contributed by atoms with E-state index in [1.165, 1.54) is 25.7 Å². The van der Waals surface area contributed by atoms with E-state index < -0.39 is 0 Å². The molecule has 0 saturated heterocycles. The normalized spacial score (nSPS) is 17.2. The Labute approximate surface area is 115 Å². The molecule has 1 aliphatic rings. The van der Waals surface area contributed by atoms with Gasteiger partial charge in [0.25, 0.3) is 0 Å². The molecule has 0 aliphatic heterocycles. The highest BCUT2D eigenvalue weighted by Gasteiger charge is 2.25. The molecule has 0 aromatic heterocycles. The number of hydrogen-bond acceptors (Lipinski definition) is 3. The molecule has 19 heavy (non-hydrogen) atoms. The Balaban J connectivity index is 2.03. The monoisotopic (exact) mass is 261 g/mol. The van der Waals surface area contributed by atoms with Crippen molar-refractivity contribution in [3.63, 3.8) is 0 Å². The van der Waals surface area contributed by atoms with Gasteiger partial charge in [0.15, 0.2) is 0 Å². The minimum Gasteiger partial charge on any atom is -0.497 e. The SMILES string of the molecule is COc1ccc(N[C@@H](CC(C)=O)C2CCCC2)cc1. The first-order chi connectivity index (χ1) is 9.19. The van der Waals surface area contributed by atoms with Crippen LogP contribution in [0.4, 0.5) is 5.69 Å². The van der Waals surface area contributed by atoms with Crippen LogP contribution >= 0.6 is 0 Å². The summed E-state index contributed by atoms with van der Waals surface area (Å²) in [6, 6.07) is 8.19. The van der Waals surface area contributed by atoms with E-state index in [1.807, 2.05) is 24.3 Å². The van der Waals surface area contributed by atoms with Crippen LogP contribution in [0.25, 0.3) is 0 Å². The van der Waals surface area contributed by atoms with Gasteiger partial charge in [-0.15, -0.1) is 0 Å². The second-order valence-electron chi connectivity index (χ2n) is 5.43. The second-order valence-corrected chi connectivity index (χ2v) is 5.43. The largest absolute Gasteiger partial charge is 0.497 e. The van der Waals surface area contributed by atoms with Gasteiger partial charge in [0.05, 0.1) is 7.11 Å². The maximum Gasteiger partial charge on any atom is 0.131 e. The Morgan fingerprint density at radius 2 is 1.95 bits per heavy atom. The number of ketones is 1. The van der Waals surface area contributed by atoms with Crippen molar-refractivity contribution >= 4 is 11.5 Å². The number of hydrogen-bond donors (Lipinski definition) is 1. The summed E-state index contributed by atoms with van der Waals surface area (Å²) in [7, 11) is 1.67. The quantitative estimate of drug-likeness (QED) is 0.849. The van der Waals surface area contributed by atoms with Gasteiger partial charge in [0.2, 0.25) is 0 Å². The fourth-order valence-corrected chi connectivity index (χ4v) is 2.91. The summed E-state index contributed by atoms with van der Waals surface area (Å²) >= 11 is 0. The molecule has 0 radical (unpaired) electrons. The number of anilines is 1. The van der Waals surface area contributed by atoms with Gasteiger partial charge in [-0.3, -0.25) is 4.79 Å². The van der Waals surface area contributed by atoms with Crippen molar-refractivity contribution in [1.29, 1.82) is 0 Å². The molecule has 0 unspecified atom stereocenters. The first-order valence-electron chi connectivity index (χ1n) is 7.09. The van der Waals surface area contributed by atoms with Crippen molar-refractivity contribution in [2.24, 2.45) is 5.92 Å². The van der Waals surface area contributed by atoms with Crippen LogP contribution in [0.2, 0.25) is 0 Å². The van der Waals surface area contributed by atoms with Crippen LogP contribution in [0.15, 0.2) is 24.3 Å². The van der Waals surface area contributed by atoms with Crippen molar-refractivity contribution in [2.45, 2.75) is 45.1 Å². The lowest BCUT2D eigenvalue weighted by molar-refractivity contribution is -0.117. The zero-order valence-electron chi connectivity index (χ0n) is 11.8. The van der Waals surface area contributed by atoms with Crippen LogP contribution in [0, 0.1) is 5.92 Å². The molecule has 1 aliphatic carbocycles. The molecule has 1 aromatic rings. The summed E-state index contributed by atoms with van der Waals surface area (Å²) in [4.78, 5) is 11.4. The molecule has 2 rings (SSSR count). The molecule has 0 amide bonds. The van der Waals surface area contributed by atoms with Crippen LogP contribution in [-0.4, -0.2) is 18.9 Å². The van der Waals surface area contributed by atoms with Gasteiger partial charge < -0.3 is 10.1 Å². The number of carbonyl (C=O) groups is 1. The van der Waals surface area contributed by atoms with Crippen molar-refractivity contribution in [1.82, 2.24) is 0 Å². The fourth-order valence-electron chi connectivity index (χ4n) is 2.91. The van der Waals surface area contributed by atoms with E-state index in [9.17, 15) is 4.79 Å². The fraction of sp³-hybridized carbons (Fsp3) is 0.562. The number of carbonyl (C=O) groups excluding carboxylic acids is 1. The molecular formula is C16H23NO2. The van der Waals surface area contributed by atoms with Crippen molar-refractivity contribution in [2.75, 3.05) is 12.4 Å². The van der Waals surface area contributed by atoms with Gasteiger partial charge in [-0.05, 0) is 49.9 Å². The van der Waals surface area contributed by atoms with Gasteiger partial charge in [0, 0.05) is 18.2 Å². The second kappa shape index (κ2) is 6.60. The predicted molar refractivity (Wildman–Crippen MR) is 77.7 cm³/mol. The lowest BCUT2D eigenvalue weighted by atomic mass is 9.93. The number of methoxy groups -OCH3 is 1. The lowest BCUT2D eigenvalue weighted by Crippen LogP contribution is -2.29. The summed E-state index contributed by atoms with van der Waals surface area (Å²) in [6.45, 7) is 1.68. The van der Waals surface area contributed by atoms with Crippen LogP contribution in [0.1, 0.15) is 39.0 Å². The van der Waals surface area contributed by atoms with Crippen molar-refractivity contribution in [3.05, 3.63) is 24.3 Å².